The minimum absolute atomic E-state index is 0.693. The van der Waals surface area contributed by atoms with Crippen LogP contribution in [0.1, 0.15) is 38.5 Å². The van der Waals surface area contributed by atoms with Crippen LogP contribution in [0.5, 0.6) is 0 Å². The summed E-state index contributed by atoms with van der Waals surface area (Å²) in [5.41, 5.74) is 4.91. The monoisotopic (exact) mass is 169 g/mol. The van der Waals surface area contributed by atoms with Gasteiger partial charge in [0.25, 0.3) is 0 Å². The maximum atomic E-state index is 10.4. The Morgan fingerprint density at radius 1 is 1.33 bits per heavy atom. The molecule has 1 amide bonds. The van der Waals surface area contributed by atoms with Crippen LogP contribution < -0.4 is 5.73 Å². The first-order valence-corrected chi connectivity index (χ1v) is 4.45. The van der Waals surface area contributed by atoms with Gasteiger partial charge in [-0.2, -0.15) is 0 Å². The second-order valence-corrected chi connectivity index (χ2v) is 3.04. The third kappa shape index (κ3) is 3.42. The van der Waals surface area contributed by atoms with E-state index in [0.717, 1.165) is 25.0 Å². The second-order valence-electron chi connectivity index (χ2n) is 3.04. The van der Waals surface area contributed by atoms with Gasteiger partial charge in [-0.05, 0) is 25.3 Å². The highest BCUT2D eigenvalue weighted by Crippen LogP contribution is 2.17. The molecular formula is C9H15NO2. The largest absolute Gasteiger partial charge is 0.415 e. The van der Waals surface area contributed by atoms with Crippen molar-refractivity contribution in [2.75, 3.05) is 0 Å². The minimum Gasteiger partial charge on any atom is -0.415 e. The zero-order valence-electron chi connectivity index (χ0n) is 7.21. The van der Waals surface area contributed by atoms with E-state index in [1.54, 1.807) is 0 Å². The highest BCUT2D eigenvalue weighted by atomic mass is 16.5. The van der Waals surface area contributed by atoms with Gasteiger partial charge in [-0.3, -0.25) is 0 Å². The van der Waals surface area contributed by atoms with E-state index in [0.29, 0.717) is 0 Å². The Labute approximate surface area is 72.6 Å². The van der Waals surface area contributed by atoms with Crippen molar-refractivity contribution in [1.82, 2.24) is 0 Å². The van der Waals surface area contributed by atoms with E-state index < -0.39 is 6.09 Å². The normalized spacial score (nSPS) is 23.2. The van der Waals surface area contributed by atoms with Crippen LogP contribution in [0.4, 0.5) is 4.79 Å². The third-order valence-electron chi connectivity index (χ3n) is 1.98. The number of nitrogens with two attached hydrogens (primary N) is 1. The molecule has 0 aliphatic heterocycles. The van der Waals surface area contributed by atoms with Crippen molar-refractivity contribution in [2.24, 2.45) is 5.73 Å². The number of carbonyl (C=O) groups excluding carboxylic acids is 1. The lowest BCUT2D eigenvalue weighted by Crippen LogP contribution is -2.13. The van der Waals surface area contributed by atoms with Gasteiger partial charge in [0, 0.05) is 6.42 Å². The summed E-state index contributed by atoms with van der Waals surface area (Å²) in [6.45, 7) is 0. The molecule has 0 unspecified atom stereocenters. The summed E-state index contributed by atoms with van der Waals surface area (Å²) >= 11 is 0. The molecule has 3 heteroatoms. The summed E-state index contributed by atoms with van der Waals surface area (Å²) < 4.78 is 4.83. The Hall–Kier alpha value is -0.990. The Morgan fingerprint density at radius 3 is 2.83 bits per heavy atom. The van der Waals surface area contributed by atoms with Gasteiger partial charge in [0.1, 0.15) is 5.76 Å². The van der Waals surface area contributed by atoms with E-state index in [4.69, 9.17) is 10.5 Å². The quantitative estimate of drug-likeness (QED) is 0.654. The smallest absolute Gasteiger partial charge is 0.409 e. The second kappa shape index (κ2) is 4.80. The molecule has 1 rings (SSSR count). The van der Waals surface area contributed by atoms with Crippen molar-refractivity contribution in [3.05, 3.63) is 11.8 Å². The number of ether oxygens (including phenoxy) is 1. The zero-order chi connectivity index (χ0) is 8.81. The van der Waals surface area contributed by atoms with Crippen molar-refractivity contribution in [1.29, 1.82) is 0 Å². The van der Waals surface area contributed by atoms with E-state index in [1.807, 2.05) is 6.08 Å². The number of primary amides is 1. The van der Waals surface area contributed by atoms with E-state index in [2.05, 4.69) is 0 Å². The summed E-state index contributed by atoms with van der Waals surface area (Å²) in [5.74, 6) is 0.752. The van der Waals surface area contributed by atoms with Gasteiger partial charge in [-0.1, -0.05) is 12.8 Å². The summed E-state index contributed by atoms with van der Waals surface area (Å²) in [5, 5.41) is 0. The number of allylic oxidation sites excluding steroid dienone is 2. The first-order valence-electron chi connectivity index (χ1n) is 4.45. The van der Waals surface area contributed by atoms with Crippen LogP contribution in [0.25, 0.3) is 0 Å². The zero-order valence-corrected chi connectivity index (χ0v) is 7.21. The lowest BCUT2D eigenvalue weighted by molar-refractivity contribution is 0.182. The summed E-state index contributed by atoms with van der Waals surface area (Å²) in [4.78, 5) is 10.4. The van der Waals surface area contributed by atoms with Crippen LogP contribution in [0, 0.1) is 0 Å². The molecule has 12 heavy (non-hydrogen) atoms. The van der Waals surface area contributed by atoms with E-state index in [9.17, 15) is 4.79 Å². The van der Waals surface area contributed by atoms with Crippen LogP contribution in [-0.2, 0) is 4.74 Å². The van der Waals surface area contributed by atoms with Crippen LogP contribution in [0.3, 0.4) is 0 Å². The number of carbonyl (C=O) groups is 1. The SMILES string of the molecule is NC(=O)O/C1=C/CCCCCC1. The topological polar surface area (TPSA) is 52.3 Å². The predicted octanol–water partition coefficient (Wildman–Crippen LogP) is 2.32. The molecule has 0 aromatic carbocycles. The Kier molecular flexibility index (Phi) is 3.64. The molecule has 0 saturated heterocycles. The first-order chi connectivity index (χ1) is 5.79. The molecule has 68 valence electrons. The van der Waals surface area contributed by atoms with E-state index in [-0.39, 0.29) is 0 Å². The maximum absolute atomic E-state index is 10.4. The van der Waals surface area contributed by atoms with E-state index >= 15 is 0 Å². The fourth-order valence-electron chi connectivity index (χ4n) is 1.38. The summed E-state index contributed by atoms with van der Waals surface area (Å²) in [7, 11) is 0. The molecule has 1 aliphatic rings. The van der Waals surface area contributed by atoms with Gasteiger partial charge in [0.2, 0.25) is 0 Å². The molecular weight excluding hydrogens is 154 g/mol. The first kappa shape index (κ1) is 9.10. The van der Waals surface area contributed by atoms with E-state index in [1.165, 1.54) is 19.3 Å². The Bertz CT molecular complexity index is 187. The fraction of sp³-hybridized carbons (Fsp3) is 0.667. The van der Waals surface area contributed by atoms with Crippen LogP contribution in [-0.4, -0.2) is 6.09 Å². The summed E-state index contributed by atoms with van der Waals surface area (Å²) in [6.07, 6.45) is 7.92. The van der Waals surface area contributed by atoms with Gasteiger partial charge in [-0.25, -0.2) is 4.79 Å². The molecule has 0 aromatic rings. The lowest BCUT2D eigenvalue weighted by Gasteiger charge is -2.09. The molecule has 0 heterocycles. The number of amides is 1. The minimum atomic E-state index is -0.693. The third-order valence-corrected chi connectivity index (χ3v) is 1.98. The molecule has 0 aromatic heterocycles. The lowest BCUT2D eigenvalue weighted by atomic mass is 10.1. The van der Waals surface area contributed by atoms with Gasteiger partial charge in [0.15, 0.2) is 0 Å². The molecule has 0 spiro atoms. The van der Waals surface area contributed by atoms with Gasteiger partial charge in [0.05, 0.1) is 0 Å². The van der Waals surface area contributed by atoms with Crippen molar-refractivity contribution in [3.8, 4) is 0 Å². The van der Waals surface area contributed by atoms with Crippen LogP contribution >= 0.6 is 0 Å². The Balaban J connectivity index is 2.41. The predicted molar refractivity (Wildman–Crippen MR) is 46.5 cm³/mol. The Morgan fingerprint density at radius 2 is 2.08 bits per heavy atom. The molecule has 0 bridgehead atoms. The van der Waals surface area contributed by atoms with Crippen molar-refractivity contribution < 1.29 is 9.53 Å². The highest BCUT2D eigenvalue weighted by molar-refractivity contribution is 5.65. The van der Waals surface area contributed by atoms with Crippen LogP contribution in [0.2, 0.25) is 0 Å². The number of hydrogen-bond acceptors (Lipinski definition) is 2. The maximum Gasteiger partial charge on any atom is 0.409 e. The average Bonchev–Trinajstić information content (AvgIpc) is 1.93. The molecule has 2 N–H and O–H groups in total. The standard InChI is InChI=1S/C9H15NO2/c10-9(11)12-8-6-4-2-1-3-5-7-8/h6H,1-5,7H2,(H2,10,11)/b8-6+. The summed E-state index contributed by atoms with van der Waals surface area (Å²) in [6, 6.07) is 0. The van der Waals surface area contributed by atoms with Crippen molar-refractivity contribution >= 4 is 6.09 Å². The molecule has 0 radical (unpaired) electrons. The van der Waals surface area contributed by atoms with Gasteiger partial charge in [-0.15, -0.1) is 0 Å². The molecule has 0 atom stereocenters. The van der Waals surface area contributed by atoms with Crippen LogP contribution in [0.15, 0.2) is 11.8 Å². The molecule has 3 nitrogen and oxygen atoms in total. The van der Waals surface area contributed by atoms with Crippen molar-refractivity contribution in [3.63, 3.8) is 0 Å². The van der Waals surface area contributed by atoms with Crippen molar-refractivity contribution in [2.45, 2.75) is 38.5 Å². The molecule has 0 saturated carbocycles. The molecule has 1 aliphatic carbocycles. The highest BCUT2D eigenvalue weighted by Gasteiger charge is 2.04. The van der Waals surface area contributed by atoms with Gasteiger partial charge >= 0.3 is 6.09 Å². The molecule has 0 fully saturated rings. The number of hydrogen-bond donors (Lipinski definition) is 1. The van der Waals surface area contributed by atoms with Gasteiger partial charge < -0.3 is 10.5 Å². The average molecular weight is 169 g/mol. The fourth-order valence-corrected chi connectivity index (χ4v) is 1.38. The number of rotatable bonds is 1.